The molecule has 0 amide bonds. The van der Waals surface area contributed by atoms with E-state index < -0.39 is 0 Å². The normalized spacial score (nSPS) is 12.8. The van der Waals surface area contributed by atoms with Crippen molar-refractivity contribution in [2.75, 3.05) is 0 Å². The van der Waals surface area contributed by atoms with E-state index in [0.717, 1.165) is 26.8 Å². The number of aromatic amines is 1. The van der Waals surface area contributed by atoms with Crippen LogP contribution in [0.5, 0.6) is 0 Å². The van der Waals surface area contributed by atoms with Crippen LogP contribution < -0.4 is 5.73 Å². The van der Waals surface area contributed by atoms with E-state index in [1.54, 1.807) is 11.8 Å². The number of nitrogens with one attached hydrogen (secondary N) is 1. The van der Waals surface area contributed by atoms with Gasteiger partial charge in [0.2, 0.25) is 0 Å². The van der Waals surface area contributed by atoms with Crippen LogP contribution in [0, 0.1) is 6.92 Å². The fourth-order valence-electron chi connectivity index (χ4n) is 1.98. The minimum absolute atomic E-state index is 0.0387. The lowest BCUT2D eigenvalue weighted by atomic mass is 10.2. The van der Waals surface area contributed by atoms with Crippen molar-refractivity contribution >= 4 is 22.8 Å². The molecular weight excluding hydrogens is 268 g/mol. The van der Waals surface area contributed by atoms with Crippen LogP contribution in [0.2, 0.25) is 0 Å². The van der Waals surface area contributed by atoms with Gasteiger partial charge in [-0.25, -0.2) is 4.98 Å². The number of nitrogens with two attached hydrogens (primary N) is 1. The van der Waals surface area contributed by atoms with Gasteiger partial charge in [0.25, 0.3) is 0 Å². The van der Waals surface area contributed by atoms with E-state index in [1.165, 1.54) is 5.56 Å². The van der Waals surface area contributed by atoms with Gasteiger partial charge in [0.1, 0.15) is 0 Å². The van der Waals surface area contributed by atoms with Gasteiger partial charge in [0, 0.05) is 17.1 Å². The second kappa shape index (κ2) is 5.26. The summed E-state index contributed by atoms with van der Waals surface area (Å²) >= 11 is 1.57. The van der Waals surface area contributed by atoms with Gasteiger partial charge in [-0.2, -0.15) is 0 Å². The molecule has 0 fully saturated rings. The second-order valence-electron chi connectivity index (χ2n) is 4.87. The molecule has 0 aliphatic heterocycles. The van der Waals surface area contributed by atoms with Gasteiger partial charge in [-0.15, -0.1) is 0 Å². The van der Waals surface area contributed by atoms with Gasteiger partial charge in [0.05, 0.1) is 16.7 Å². The lowest BCUT2D eigenvalue weighted by Gasteiger charge is -2.04. The molecule has 0 saturated heterocycles. The Balaban J connectivity index is 1.85. The number of aryl methyl sites for hydroxylation is 1. The first-order valence-corrected chi connectivity index (χ1v) is 7.29. The predicted molar refractivity (Wildman–Crippen MR) is 81.8 cm³/mol. The number of fused-ring (bicyclic) bond motifs is 1. The summed E-state index contributed by atoms with van der Waals surface area (Å²) in [6, 6.07) is 10.1. The topological polar surface area (TPSA) is 67.6 Å². The maximum absolute atomic E-state index is 5.79. The van der Waals surface area contributed by atoms with Crippen LogP contribution in [0.1, 0.15) is 24.2 Å². The molecule has 0 aliphatic rings. The number of rotatable bonds is 3. The van der Waals surface area contributed by atoms with E-state index in [0.29, 0.717) is 0 Å². The Morgan fingerprint density at radius 1 is 1.25 bits per heavy atom. The minimum Gasteiger partial charge on any atom is -0.333 e. The van der Waals surface area contributed by atoms with Crippen molar-refractivity contribution < 1.29 is 0 Å². The van der Waals surface area contributed by atoms with Gasteiger partial charge in [-0.1, -0.05) is 17.8 Å². The number of benzene rings is 1. The molecule has 3 rings (SSSR count). The van der Waals surface area contributed by atoms with Gasteiger partial charge in [0.15, 0.2) is 5.16 Å². The summed E-state index contributed by atoms with van der Waals surface area (Å²) in [5, 5.41) is 0.876. The van der Waals surface area contributed by atoms with Crippen molar-refractivity contribution in [1.29, 1.82) is 0 Å². The molecule has 2 heterocycles. The Kier molecular flexibility index (Phi) is 3.46. The highest BCUT2D eigenvalue weighted by atomic mass is 32.2. The van der Waals surface area contributed by atoms with Crippen LogP contribution in [-0.4, -0.2) is 15.0 Å². The number of imidazole rings is 1. The fraction of sp³-hybridized carbons (Fsp3) is 0.200. The van der Waals surface area contributed by atoms with Crippen LogP contribution in [0.25, 0.3) is 11.0 Å². The third-order valence-electron chi connectivity index (χ3n) is 3.06. The Morgan fingerprint density at radius 3 is 2.80 bits per heavy atom. The number of hydrogen-bond acceptors (Lipinski definition) is 4. The summed E-state index contributed by atoms with van der Waals surface area (Å²) in [6.45, 7) is 4.00. The van der Waals surface area contributed by atoms with Crippen LogP contribution in [0.3, 0.4) is 0 Å². The molecule has 1 atom stereocenters. The van der Waals surface area contributed by atoms with E-state index in [4.69, 9.17) is 5.73 Å². The van der Waals surface area contributed by atoms with Gasteiger partial charge < -0.3 is 10.7 Å². The standard InChI is InChI=1S/C15H16N4S/c1-9-3-5-13-14(7-9)19-15(18-13)20-11-4-6-12(10(2)16)17-8-11/h3-8,10H,16H2,1-2H3,(H,18,19). The first kappa shape index (κ1) is 13.1. The van der Waals surface area contributed by atoms with E-state index in [9.17, 15) is 0 Å². The number of aromatic nitrogens is 3. The molecule has 3 N–H and O–H groups in total. The number of nitrogens with zero attached hydrogens (tertiary/aromatic N) is 2. The van der Waals surface area contributed by atoms with Crippen LogP contribution in [-0.2, 0) is 0 Å². The molecule has 3 aromatic rings. The van der Waals surface area contributed by atoms with Crippen LogP contribution >= 0.6 is 11.8 Å². The smallest absolute Gasteiger partial charge is 0.171 e. The zero-order chi connectivity index (χ0) is 14.1. The Labute approximate surface area is 121 Å². The molecule has 5 heteroatoms. The quantitative estimate of drug-likeness (QED) is 0.773. The summed E-state index contributed by atoms with van der Waals surface area (Å²) in [5.74, 6) is 0. The van der Waals surface area contributed by atoms with Crippen molar-refractivity contribution in [3.63, 3.8) is 0 Å². The van der Waals surface area contributed by atoms with E-state index >= 15 is 0 Å². The van der Waals surface area contributed by atoms with Crippen molar-refractivity contribution in [2.24, 2.45) is 5.73 Å². The SMILES string of the molecule is Cc1ccc2nc(Sc3ccc(C(C)N)nc3)[nH]c2c1. The number of pyridine rings is 1. The number of H-pyrrole nitrogens is 1. The first-order valence-electron chi connectivity index (χ1n) is 6.47. The zero-order valence-electron chi connectivity index (χ0n) is 11.4. The predicted octanol–water partition coefficient (Wildman–Crippen LogP) is 3.44. The van der Waals surface area contributed by atoms with Crippen LogP contribution in [0.4, 0.5) is 0 Å². The highest BCUT2D eigenvalue weighted by Crippen LogP contribution is 2.27. The van der Waals surface area contributed by atoms with E-state index in [-0.39, 0.29) is 6.04 Å². The highest BCUT2D eigenvalue weighted by molar-refractivity contribution is 7.99. The molecular formula is C15H16N4S. The molecule has 0 aliphatic carbocycles. The fourth-order valence-corrected chi connectivity index (χ4v) is 2.75. The van der Waals surface area contributed by atoms with Gasteiger partial charge in [-0.05, 0) is 43.7 Å². The van der Waals surface area contributed by atoms with Crippen LogP contribution in [0.15, 0.2) is 46.6 Å². The zero-order valence-corrected chi connectivity index (χ0v) is 12.2. The van der Waals surface area contributed by atoms with Crippen molar-refractivity contribution in [1.82, 2.24) is 15.0 Å². The maximum Gasteiger partial charge on any atom is 0.171 e. The highest BCUT2D eigenvalue weighted by Gasteiger charge is 2.06. The molecule has 4 nitrogen and oxygen atoms in total. The largest absolute Gasteiger partial charge is 0.333 e. The Bertz CT molecular complexity index is 731. The maximum atomic E-state index is 5.79. The molecule has 0 radical (unpaired) electrons. The summed E-state index contributed by atoms with van der Waals surface area (Å²) < 4.78 is 0. The monoisotopic (exact) mass is 284 g/mol. The molecule has 102 valence electrons. The third kappa shape index (κ3) is 2.69. The van der Waals surface area contributed by atoms with Crippen molar-refractivity contribution in [3.8, 4) is 0 Å². The van der Waals surface area contributed by atoms with E-state index in [2.05, 4.69) is 34.0 Å². The first-order chi connectivity index (χ1) is 9.61. The lowest BCUT2D eigenvalue weighted by molar-refractivity contribution is 0.777. The summed E-state index contributed by atoms with van der Waals surface area (Å²) in [6.07, 6.45) is 1.84. The van der Waals surface area contributed by atoms with Crippen molar-refractivity contribution in [2.45, 2.75) is 29.9 Å². The number of hydrogen-bond donors (Lipinski definition) is 2. The summed E-state index contributed by atoms with van der Waals surface area (Å²) in [4.78, 5) is 13.3. The summed E-state index contributed by atoms with van der Waals surface area (Å²) in [7, 11) is 0. The lowest BCUT2D eigenvalue weighted by Crippen LogP contribution is -2.06. The molecule has 1 aromatic carbocycles. The molecule has 1 unspecified atom stereocenters. The Hall–Kier alpha value is -1.85. The van der Waals surface area contributed by atoms with E-state index in [1.807, 2.05) is 31.3 Å². The summed E-state index contributed by atoms with van der Waals surface area (Å²) in [5.41, 5.74) is 9.96. The molecule has 20 heavy (non-hydrogen) atoms. The Morgan fingerprint density at radius 2 is 2.10 bits per heavy atom. The molecule has 0 bridgehead atoms. The minimum atomic E-state index is -0.0387. The third-order valence-corrected chi connectivity index (χ3v) is 3.92. The molecule has 0 saturated carbocycles. The van der Waals surface area contributed by atoms with Gasteiger partial charge >= 0.3 is 0 Å². The average molecular weight is 284 g/mol. The van der Waals surface area contributed by atoms with Gasteiger partial charge in [-0.3, -0.25) is 4.98 Å². The average Bonchev–Trinajstić information content (AvgIpc) is 2.80. The molecule has 0 spiro atoms. The van der Waals surface area contributed by atoms with Crippen molar-refractivity contribution in [3.05, 3.63) is 47.8 Å². The second-order valence-corrected chi connectivity index (χ2v) is 5.93. The molecule has 2 aromatic heterocycles.